The number of carbonyl (C=O) groups is 1. The Labute approximate surface area is 155 Å². The SMILES string of the molecule is Cc1ccc(C=CC(=O)c2ccc(Oc3ccc(Cl)cc3)cc2Cl)o1. The van der Waals surface area contributed by atoms with Crippen LogP contribution in [0.3, 0.4) is 0 Å². The van der Waals surface area contributed by atoms with Gasteiger partial charge in [-0.25, -0.2) is 0 Å². The molecule has 0 spiro atoms. The summed E-state index contributed by atoms with van der Waals surface area (Å²) in [5.74, 6) is 2.36. The Morgan fingerprint density at radius 3 is 2.36 bits per heavy atom. The number of hydrogen-bond acceptors (Lipinski definition) is 3. The Kier molecular flexibility index (Phi) is 5.27. The Morgan fingerprint density at radius 2 is 1.72 bits per heavy atom. The molecule has 0 aliphatic rings. The standard InChI is InChI=1S/C20H14Cl2O3/c1-13-2-5-15(24-13)9-11-20(23)18-10-8-17(12-19(18)22)25-16-6-3-14(21)4-7-16/h2-12H,1H3. The summed E-state index contributed by atoms with van der Waals surface area (Å²) in [4.78, 5) is 12.3. The van der Waals surface area contributed by atoms with E-state index >= 15 is 0 Å². The van der Waals surface area contributed by atoms with Gasteiger partial charge in [-0.15, -0.1) is 0 Å². The van der Waals surface area contributed by atoms with Crippen molar-refractivity contribution in [3.63, 3.8) is 0 Å². The zero-order valence-electron chi connectivity index (χ0n) is 13.3. The molecule has 0 saturated heterocycles. The molecule has 0 radical (unpaired) electrons. The van der Waals surface area contributed by atoms with Gasteiger partial charge in [0.05, 0.1) is 5.02 Å². The number of aryl methyl sites for hydroxylation is 1. The zero-order valence-corrected chi connectivity index (χ0v) is 14.8. The third-order valence-corrected chi connectivity index (χ3v) is 3.98. The minimum Gasteiger partial charge on any atom is -0.462 e. The van der Waals surface area contributed by atoms with Crippen molar-refractivity contribution in [3.05, 3.63) is 87.8 Å². The molecule has 1 aromatic heterocycles. The highest BCUT2D eigenvalue weighted by Crippen LogP contribution is 2.28. The topological polar surface area (TPSA) is 39.4 Å². The van der Waals surface area contributed by atoms with Crippen LogP contribution in [0.15, 0.2) is 65.1 Å². The van der Waals surface area contributed by atoms with Gasteiger partial charge in [0.1, 0.15) is 23.0 Å². The van der Waals surface area contributed by atoms with Gasteiger partial charge in [-0.3, -0.25) is 4.79 Å². The molecule has 0 N–H and O–H groups in total. The van der Waals surface area contributed by atoms with Crippen LogP contribution >= 0.6 is 23.2 Å². The van der Waals surface area contributed by atoms with Crippen LogP contribution < -0.4 is 4.74 Å². The molecular formula is C20H14Cl2O3. The van der Waals surface area contributed by atoms with E-state index in [1.165, 1.54) is 6.08 Å². The first-order chi connectivity index (χ1) is 12.0. The number of hydrogen-bond donors (Lipinski definition) is 0. The maximum atomic E-state index is 12.3. The normalized spacial score (nSPS) is 11.0. The van der Waals surface area contributed by atoms with Crippen LogP contribution in [0.1, 0.15) is 21.9 Å². The van der Waals surface area contributed by atoms with Gasteiger partial charge in [0, 0.05) is 16.7 Å². The molecule has 25 heavy (non-hydrogen) atoms. The summed E-state index contributed by atoms with van der Waals surface area (Å²) in [6.07, 6.45) is 3.04. The second-order valence-corrected chi connectivity index (χ2v) is 6.19. The number of furan rings is 1. The van der Waals surface area contributed by atoms with Gasteiger partial charge in [-0.1, -0.05) is 23.2 Å². The van der Waals surface area contributed by atoms with Gasteiger partial charge in [0.2, 0.25) is 0 Å². The predicted octanol–water partition coefficient (Wildman–Crippen LogP) is 6.58. The molecule has 0 atom stereocenters. The first-order valence-electron chi connectivity index (χ1n) is 7.53. The lowest BCUT2D eigenvalue weighted by Gasteiger charge is -2.07. The molecule has 3 aromatic rings. The summed E-state index contributed by atoms with van der Waals surface area (Å²) < 4.78 is 11.1. The lowest BCUT2D eigenvalue weighted by atomic mass is 10.1. The van der Waals surface area contributed by atoms with E-state index in [1.54, 1.807) is 54.6 Å². The van der Waals surface area contributed by atoms with Crippen LogP contribution in [0.2, 0.25) is 10.0 Å². The summed E-state index contributed by atoms with van der Waals surface area (Å²) in [6, 6.07) is 15.5. The van der Waals surface area contributed by atoms with Crippen LogP contribution in [0, 0.1) is 6.92 Å². The van der Waals surface area contributed by atoms with Gasteiger partial charge < -0.3 is 9.15 Å². The van der Waals surface area contributed by atoms with Gasteiger partial charge in [-0.2, -0.15) is 0 Å². The molecule has 126 valence electrons. The summed E-state index contributed by atoms with van der Waals surface area (Å²) in [6.45, 7) is 1.84. The molecule has 2 aromatic carbocycles. The van der Waals surface area contributed by atoms with Crippen LogP contribution in [-0.2, 0) is 0 Å². The van der Waals surface area contributed by atoms with E-state index in [4.69, 9.17) is 32.4 Å². The fraction of sp³-hybridized carbons (Fsp3) is 0.0500. The number of benzene rings is 2. The molecule has 5 heteroatoms. The number of ketones is 1. The van der Waals surface area contributed by atoms with Crippen LogP contribution in [-0.4, -0.2) is 5.78 Å². The minimum absolute atomic E-state index is 0.211. The third kappa shape index (κ3) is 4.53. The minimum atomic E-state index is -0.211. The second-order valence-electron chi connectivity index (χ2n) is 5.34. The Morgan fingerprint density at radius 1 is 1.00 bits per heavy atom. The van der Waals surface area contributed by atoms with Gasteiger partial charge >= 0.3 is 0 Å². The molecule has 0 aliphatic carbocycles. The summed E-state index contributed by atoms with van der Waals surface area (Å²) >= 11 is 12.1. The fourth-order valence-electron chi connectivity index (χ4n) is 2.19. The lowest BCUT2D eigenvalue weighted by Crippen LogP contribution is -1.96. The van der Waals surface area contributed by atoms with E-state index in [2.05, 4.69) is 0 Å². The Balaban J connectivity index is 1.73. The molecule has 0 aliphatic heterocycles. The van der Waals surface area contributed by atoms with Crippen molar-refractivity contribution in [2.75, 3.05) is 0 Å². The highest BCUT2D eigenvalue weighted by Gasteiger charge is 2.10. The van der Waals surface area contributed by atoms with E-state index in [1.807, 2.05) is 13.0 Å². The van der Waals surface area contributed by atoms with E-state index in [9.17, 15) is 4.79 Å². The molecule has 1 heterocycles. The van der Waals surface area contributed by atoms with Crippen molar-refractivity contribution in [2.24, 2.45) is 0 Å². The predicted molar refractivity (Wildman–Crippen MR) is 99.8 cm³/mol. The first-order valence-corrected chi connectivity index (χ1v) is 8.29. The Bertz CT molecular complexity index is 924. The van der Waals surface area contributed by atoms with E-state index < -0.39 is 0 Å². The van der Waals surface area contributed by atoms with Crippen molar-refractivity contribution in [3.8, 4) is 11.5 Å². The van der Waals surface area contributed by atoms with Crippen LogP contribution in [0.25, 0.3) is 6.08 Å². The fourth-order valence-corrected chi connectivity index (χ4v) is 2.58. The molecule has 0 fully saturated rings. The number of halogens is 2. The van der Waals surface area contributed by atoms with E-state index in [0.29, 0.717) is 32.9 Å². The number of ether oxygens (including phenoxy) is 1. The molecule has 0 bridgehead atoms. The summed E-state index contributed by atoms with van der Waals surface area (Å²) in [5, 5.41) is 0.946. The number of rotatable bonds is 5. The van der Waals surface area contributed by atoms with Crippen LogP contribution in [0.4, 0.5) is 0 Å². The maximum absolute atomic E-state index is 12.3. The van der Waals surface area contributed by atoms with Gasteiger partial charge in [0.25, 0.3) is 0 Å². The third-order valence-electron chi connectivity index (χ3n) is 3.42. The van der Waals surface area contributed by atoms with Crippen molar-refractivity contribution >= 4 is 35.1 Å². The average Bonchev–Trinajstić information content (AvgIpc) is 3.00. The molecule has 0 unspecified atom stereocenters. The molecule has 0 saturated carbocycles. The van der Waals surface area contributed by atoms with Crippen molar-refractivity contribution in [2.45, 2.75) is 6.92 Å². The monoisotopic (exact) mass is 372 g/mol. The number of allylic oxidation sites excluding steroid dienone is 1. The van der Waals surface area contributed by atoms with E-state index in [-0.39, 0.29) is 5.78 Å². The number of carbonyl (C=O) groups excluding carboxylic acids is 1. The molecular weight excluding hydrogens is 359 g/mol. The smallest absolute Gasteiger partial charge is 0.187 e. The van der Waals surface area contributed by atoms with Crippen molar-refractivity contribution in [1.82, 2.24) is 0 Å². The van der Waals surface area contributed by atoms with Gasteiger partial charge in [0.15, 0.2) is 5.78 Å². The molecule has 3 rings (SSSR count). The quantitative estimate of drug-likeness (QED) is 0.374. The second kappa shape index (κ2) is 7.60. The van der Waals surface area contributed by atoms with Crippen molar-refractivity contribution < 1.29 is 13.9 Å². The van der Waals surface area contributed by atoms with Crippen LogP contribution in [0.5, 0.6) is 11.5 Å². The van der Waals surface area contributed by atoms with Crippen molar-refractivity contribution in [1.29, 1.82) is 0 Å². The summed E-state index contributed by atoms with van der Waals surface area (Å²) in [5.41, 5.74) is 0.393. The van der Waals surface area contributed by atoms with Gasteiger partial charge in [-0.05, 0) is 67.6 Å². The largest absolute Gasteiger partial charge is 0.462 e. The highest BCUT2D eigenvalue weighted by molar-refractivity contribution is 6.34. The molecule has 3 nitrogen and oxygen atoms in total. The average molecular weight is 373 g/mol. The zero-order chi connectivity index (χ0) is 17.8. The Hall–Kier alpha value is -2.49. The molecule has 0 amide bonds. The maximum Gasteiger partial charge on any atom is 0.187 e. The lowest BCUT2D eigenvalue weighted by molar-refractivity contribution is 0.104. The highest BCUT2D eigenvalue weighted by atomic mass is 35.5. The first kappa shape index (κ1) is 17.3. The van der Waals surface area contributed by atoms with E-state index in [0.717, 1.165) is 5.76 Å². The summed E-state index contributed by atoms with van der Waals surface area (Å²) in [7, 11) is 0.